The Morgan fingerprint density at radius 3 is 2.48 bits per heavy atom. The first-order chi connectivity index (χ1) is 9.70. The van der Waals surface area contributed by atoms with Crippen LogP contribution in [0.4, 0.5) is 0 Å². The molecular weight excluding hydrogens is 272 g/mol. The average molecular weight is 296 g/mol. The Bertz CT molecular complexity index is 463. The van der Waals surface area contributed by atoms with Gasteiger partial charge in [0.1, 0.15) is 5.76 Å². The molecule has 1 amide bonds. The molecule has 0 aliphatic rings. The van der Waals surface area contributed by atoms with E-state index in [1.165, 1.54) is 0 Å². The predicted octanol–water partition coefficient (Wildman–Crippen LogP) is 1.81. The van der Waals surface area contributed by atoms with E-state index >= 15 is 0 Å². The summed E-state index contributed by atoms with van der Waals surface area (Å²) in [6, 6.07) is 3.59. The molecule has 1 N–H and O–H groups in total. The Kier molecular flexibility index (Phi) is 5.96. The van der Waals surface area contributed by atoms with Crippen molar-refractivity contribution in [3.63, 3.8) is 0 Å². The predicted molar refractivity (Wildman–Crippen MR) is 78.8 cm³/mol. The van der Waals surface area contributed by atoms with E-state index in [2.05, 4.69) is 0 Å². The molecule has 0 aliphatic heterocycles. The average Bonchev–Trinajstić information content (AvgIpc) is 2.85. The lowest BCUT2D eigenvalue weighted by molar-refractivity contribution is -0.139. The maximum absolute atomic E-state index is 12.3. The van der Waals surface area contributed by atoms with E-state index in [0.717, 1.165) is 5.76 Å². The van der Waals surface area contributed by atoms with Gasteiger partial charge >= 0.3 is 5.97 Å². The van der Waals surface area contributed by atoms with Crippen molar-refractivity contribution in [1.29, 1.82) is 0 Å². The minimum atomic E-state index is -0.861. The molecule has 0 fully saturated rings. The summed E-state index contributed by atoms with van der Waals surface area (Å²) in [5.74, 6) is -0.203. The van der Waals surface area contributed by atoms with Crippen LogP contribution < -0.4 is 0 Å². The van der Waals surface area contributed by atoms with Crippen LogP contribution in [-0.4, -0.2) is 52.5 Å². The maximum Gasteiger partial charge on any atom is 0.304 e. The van der Waals surface area contributed by atoms with E-state index in [1.807, 2.05) is 31.7 Å². The highest BCUT2D eigenvalue weighted by Crippen LogP contribution is 2.14. The van der Waals surface area contributed by atoms with Gasteiger partial charge in [-0.05, 0) is 32.9 Å². The summed E-state index contributed by atoms with van der Waals surface area (Å²) in [5, 5.41) is 8.81. The fourth-order valence-electron chi connectivity index (χ4n) is 1.89. The van der Waals surface area contributed by atoms with Crippen molar-refractivity contribution in [3.8, 4) is 0 Å². The zero-order valence-electron chi connectivity index (χ0n) is 13.1. The third kappa shape index (κ3) is 5.99. The first-order valence-corrected chi connectivity index (χ1v) is 6.93. The summed E-state index contributed by atoms with van der Waals surface area (Å²) < 4.78 is 5.22. The zero-order chi connectivity index (χ0) is 16.0. The van der Waals surface area contributed by atoms with Crippen LogP contribution in [0.15, 0.2) is 22.8 Å². The van der Waals surface area contributed by atoms with Gasteiger partial charge in [-0.1, -0.05) is 0 Å². The lowest BCUT2D eigenvalue weighted by atomic mass is 10.1. The van der Waals surface area contributed by atoms with Crippen molar-refractivity contribution in [1.82, 2.24) is 9.80 Å². The van der Waals surface area contributed by atoms with Crippen LogP contribution >= 0.6 is 0 Å². The molecule has 1 rings (SSSR count). The van der Waals surface area contributed by atoms with Gasteiger partial charge in [-0.15, -0.1) is 0 Å². The van der Waals surface area contributed by atoms with Crippen molar-refractivity contribution < 1.29 is 19.1 Å². The normalized spacial score (nSPS) is 11.7. The van der Waals surface area contributed by atoms with E-state index < -0.39 is 5.97 Å². The summed E-state index contributed by atoms with van der Waals surface area (Å²) in [6.45, 7) is 6.84. The van der Waals surface area contributed by atoms with Gasteiger partial charge in [0.25, 0.3) is 0 Å². The second-order valence-electron chi connectivity index (χ2n) is 6.07. The number of carboxylic acids is 1. The summed E-state index contributed by atoms with van der Waals surface area (Å²) in [6.07, 6.45) is 1.59. The van der Waals surface area contributed by atoms with Crippen LogP contribution in [-0.2, 0) is 16.1 Å². The van der Waals surface area contributed by atoms with Crippen LogP contribution in [0.25, 0.3) is 0 Å². The van der Waals surface area contributed by atoms with Crippen LogP contribution in [0.1, 0.15) is 33.0 Å². The molecule has 0 radical (unpaired) electrons. The number of hydrogen-bond acceptors (Lipinski definition) is 4. The van der Waals surface area contributed by atoms with Gasteiger partial charge in [-0.3, -0.25) is 14.5 Å². The Balaban J connectivity index is 2.60. The van der Waals surface area contributed by atoms with Crippen LogP contribution in [0.2, 0.25) is 0 Å². The Morgan fingerprint density at radius 1 is 1.33 bits per heavy atom. The molecular formula is C15H24N2O4. The minimum absolute atomic E-state index is 0.0203. The molecule has 0 spiro atoms. The fourth-order valence-corrected chi connectivity index (χ4v) is 1.89. The molecule has 0 atom stereocenters. The summed E-state index contributed by atoms with van der Waals surface area (Å²) in [5.41, 5.74) is -0.267. The highest BCUT2D eigenvalue weighted by molar-refractivity contribution is 5.78. The molecule has 1 aromatic heterocycles. The van der Waals surface area contributed by atoms with Crippen molar-refractivity contribution in [3.05, 3.63) is 24.2 Å². The number of rotatable bonds is 7. The van der Waals surface area contributed by atoms with Crippen LogP contribution in [0, 0.1) is 0 Å². The summed E-state index contributed by atoms with van der Waals surface area (Å²) in [7, 11) is 1.71. The molecule has 0 saturated heterocycles. The molecule has 0 aromatic carbocycles. The van der Waals surface area contributed by atoms with E-state index in [0.29, 0.717) is 13.1 Å². The van der Waals surface area contributed by atoms with Crippen LogP contribution in [0.3, 0.4) is 0 Å². The van der Waals surface area contributed by atoms with Gasteiger partial charge < -0.3 is 14.4 Å². The second-order valence-corrected chi connectivity index (χ2v) is 6.07. The number of aliphatic carboxylic acids is 1. The van der Waals surface area contributed by atoms with Crippen molar-refractivity contribution in [2.24, 2.45) is 0 Å². The molecule has 1 aromatic rings. The number of carbonyl (C=O) groups is 2. The monoisotopic (exact) mass is 296 g/mol. The topological polar surface area (TPSA) is 74.0 Å². The second kappa shape index (κ2) is 7.26. The molecule has 0 saturated carbocycles. The van der Waals surface area contributed by atoms with Gasteiger partial charge in [0.15, 0.2) is 0 Å². The third-order valence-corrected chi connectivity index (χ3v) is 3.27. The lowest BCUT2D eigenvalue weighted by Crippen LogP contribution is -2.48. The fraction of sp³-hybridized carbons (Fsp3) is 0.600. The van der Waals surface area contributed by atoms with Crippen molar-refractivity contribution >= 4 is 11.9 Å². The Hall–Kier alpha value is -1.82. The molecule has 0 unspecified atom stereocenters. The summed E-state index contributed by atoms with van der Waals surface area (Å²) >= 11 is 0. The number of furan rings is 1. The number of nitrogens with zero attached hydrogens (tertiary/aromatic N) is 2. The van der Waals surface area contributed by atoms with Gasteiger partial charge in [-0.25, -0.2) is 0 Å². The number of hydrogen-bond donors (Lipinski definition) is 1. The van der Waals surface area contributed by atoms with Gasteiger partial charge in [0.2, 0.25) is 5.91 Å². The highest BCUT2D eigenvalue weighted by atomic mass is 16.4. The molecule has 0 aliphatic carbocycles. The van der Waals surface area contributed by atoms with Gasteiger partial charge in [-0.2, -0.15) is 0 Å². The van der Waals surface area contributed by atoms with E-state index in [1.54, 1.807) is 24.3 Å². The summed E-state index contributed by atoms with van der Waals surface area (Å²) in [4.78, 5) is 26.5. The van der Waals surface area contributed by atoms with Crippen molar-refractivity contribution in [2.45, 2.75) is 39.3 Å². The standard InChI is InChI=1S/C15H24N2O4/c1-15(2,3)17(8-7-14(19)20)11-13(18)16(4)10-12-6-5-9-21-12/h5-6,9H,7-8,10-11H2,1-4H3,(H,19,20). The molecule has 21 heavy (non-hydrogen) atoms. The molecule has 1 heterocycles. The minimum Gasteiger partial charge on any atom is -0.481 e. The first kappa shape index (κ1) is 17.2. The molecule has 6 heteroatoms. The smallest absolute Gasteiger partial charge is 0.304 e. The van der Waals surface area contributed by atoms with E-state index in [-0.39, 0.29) is 24.4 Å². The van der Waals surface area contributed by atoms with Gasteiger partial charge in [0, 0.05) is 19.1 Å². The largest absolute Gasteiger partial charge is 0.481 e. The zero-order valence-corrected chi connectivity index (χ0v) is 13.1. The van der Waals surface area contributed by atoms with Crippen LogP contribution in [0.5, 0.6) is 0 Å². The maximum atomic E-state index is 12.3. The number of amides is 1. The number of carbonyl (C=O) groups excluding carboxylic acids is 1. The molecule has 118 valence electrons. The SMILES string of the molecule is CN(Cc1ccco1)C(=O)CN(CCC(=O)O)C(C)(C)C. The third-order valence-electron chi connectivity index (χ3n) is 3.27. The highest BCUT2D eigenvalue weighted by Gasteiger charge is 2.25. The first-order valence-electron chi connectivity index (χ1n) is 6.93. The Morgan fingerprint density at radius 2 is 2.00 bits per heavy atom. The number of likely N-dealkylation sites (N-methyl/N-ethyl adjacent to an activating group) is 1. The quantitative estimate of drug-likeness (QED) is 0.830. The van der Waals surface area contributed by atoms with Crippen molar-refractivity contribution in [2.75, 3.05) is 20.1 Å². The lowest BCUT2D eigenvalue weighted by Gasteiger charge is -2.35. The number of carboxylic acid groups (broad SMARTS) is 1. The molecule has 6 nitrogen and oxygen atoms in total. The van der Waals surface area contributed by atoms with E-state index in [9.17, 15) is 9.59 Å². The van der Waals surface area contributed by atoms with Gasteiger partial charge in [0.05, 0.1) is 25.8 Å². The van der Waals surface area contributed by atoms with E-state index in [4.69, 9.17) is 9.52 Å². The Labute approximate surface area is 125 Å². The molecule has 0 bridgehead atoms.